The molecular weight excluding hydrogens is 310 g/mol. The predicted molar refractivity (Wildman–Crippen MR) is 100 cm³/mol. The number of aromatic nitrogens is 1. The van der Waals surface area contributed by atoms with Crippen LogP contribution in [0.3, 0.4) is 0 Å². The zero-order chi connectivity index (χ0) is 17.3. The Hall–Kier alpha value is -2.20. The van der Waals surface area contributed by atoms with Crippen molar-refractivity contribution in [3.63, 3.8) is 0 Å². The van der Waals surface area contributed by atoms with Crippen molar-refractivity contribution in [1.29, 1.82) is 0 Å². The van der Waals surface area contributed by atoms with E-state index in [1.807, 2.05) is 30.3 Å². The summed E-state index contributed by atoms with van der Waals surface area (Å²) in [6.45, 7) is 3.40. The molecule has 1 aromatic carbocycles. The molecule has 4 nitrogen and oxygen atoms in total. The fourth-order valence-corrected chi connectivity index (χ4v) is 3.44. The maximum Gasteiger partial charge on any atom is 0.220 e. The number of nitrogens with zero attached hydrogens (tertiary/aromatic N) is 2. The first-order valence-corrected chi connectivity index (χ1v) is 9.29. The maximum atomic E-state index is 12.5. The highest BCUT2D eigenvalue weighted by atomic mass is 16.1. The lowest BCUT2D eigenvalue weighted by atomic mass is 9.99. The van der Waals surface area contributed by atoms with E-state index < -0.39 is 0 Å². The van der Waals surface area contributed by atoms with Crippen LogP contribution in [0.25, 0.3) is 0 Å². The Morgan fingerprint density at radius 1 is 1.00 bits per heavy atom. The Morgan fingerprint density at radius 3 is 2.40 bits per heavy atom. The lowest BCUT2D eigenvalue weighted by Gasteiger charge is -2.26. The van der Waals surface area contributed by atoms with Crippen molar-refractivity contribution in [3.05, 3.63) is 66.0 Å². The molecule has 2 aromatic rings. The molecule has 1 fully saturated rings. The second kappa shape index (κ2) is 9.33. The van der Waals surface area contributed by atoms with Crippen LogP contribution >= 0.6 is 0 Å². The lowest BCUT2D eigenvalue weighted by molar-refractivity contribution is -0.121. The van der Waals surface area contributed by atoms with Gasteiger partial charge in [-0.05, 0) is 62.2 Å². The maximum absolute atomic E-state index is 12.5. The molecule has 1 atom stereocenters. The molecule has 2 heterocycles. The standard InChI is InChI=1S/C21H27N3O/c25-20(10-7-17-24-15-5-2-6-16-24)23-21(18-8-3-1-4-9-18)19-11-13-22-14-12-19/h1,3-4,8-9,11-14,21H,2,5-7,10,15-17H2,(H,23,25)/t21-/m1/s1. The number of hydrogen-bond acceptors (Lipinski definition) is 3. The predicted octanol–water partition coefficient (Wildman–Crippen LogP) is 3.55. The van der Waals surface area contributed by atoms with Crippen LogP contribution in [-0.4, -0.2) is 35.4 Å². The van der Waals surface area contributed by atoms with E-state index in [4.69, 9.17) is 0 Å². The number of piperidine rings is 1. The number of carbonyl (C=O) groups excluding carboxylic acids is 1. The van der Waals surface area contributed by atoms with Gasteiger partial charge in [-0.15, -0.1) is 0 Å². The van der Waals surface area contributed by atoms with Crippen LogP contribution in [0.4, 0.5) is 0 Å². The van der Waals surface area contributed by atoms with Crippen molar-refractivity contribution in [2.75, 3.05) is 19.6 Å². The third-order valence-corrected chi connectivity index (χ3v) is 4.80. The van der Waals surface area contributed by atoms with E-state index in [0.29, 0.717) is 6.42 Å². The molecule has 1 aromatic heterocycles. The van der Waals surface area contributed by atoms with E-state index in [2.05, 4.69) is 27.3 Å². The topological polar surface area (TPSA) is 45.2 Å². The van der Waals surface area contributed by atoms with Crippen molar-refractivity contribution in [3.8, 4) is 0 Å². The highest BCUT2D eigenvalue weighted by molar-refractivity contribution is 5.77. The SMILES string of the molecule is O=C(CCCN1CCCCC1)N[C@H](c1ccccc1)c1ccncc1. The fraction of sp³-hybridized carbons (Fsp3) is 0.429. The lowest BCUT2D eigenvalue weighted by Crippen LogP contribution is -2.33. The molecule has 4 heteroatoms. The van der Waals surface area contributed by atoms with Gasteiger partial charge >= 0.3 is 0 Å². The van der Waals surface area contributed by atoms with Crippen molar-refractivity contribution in [2.24, 2.45) is 0 Å². The molecule has 0 unspecified atom stereocenters. The highest BCUT2D eigenvalue weighted by Crippen LogP contribution is 2.21. The molecule has 25 heavy (non-hydrogen) atoms. The van der Waals surface area contributed by atoms with E-state index in [1.165, 1.54) is 32.4 Å². The minimum absolute atomic E-state index is 0.114. The molecule has 0 aliphatic carbocycles. The zero-order valence-corrected chi connectivity index (χ0v) is 14.7. The summed E-state index contributed by atoms with van der Waals surface area (Å²) < 4.78 is 0. The van der Waals surface area contributed by atoms with Gasteiger partial charge in [0.25, 0.3) is 0 Å². The van der Waals surface area contributed by atoms with Gasteiger partial charge in [-0.3, -0.25) is 9.78 Å². The van der Waals surface area contributed by atoms with Crippen molar-refractivity contribution >= 4 is 5.91 Å². The summed E-state index contributed by atoms with van der Waals surface area (Å²) in [7, 11) is 0. The third-order valence-electron chi connectivity index (χ3n) is 4.80. The molecule has 0 spiro atoms. The summed E-state index contributed by atoms with van der Waals surface area (Å²) >= 11 is 0. The minimum atomic E-state index is -0.119. The summed E-state index contributed by atoms with van der Waals surface area (Å²) in [5.41, 5.74) is 2.16. The second-order valence-electron chi connectivity index (χ2n) is 6.70. The molecule has 3 rings (SSSR count). The number of hydrogen-bond donors (Lipinski definition) is 1. The fourth-order valence-electron chi connectivity index (χ4n) is 3.44. The van der Waals surface area contributed by atoms with Crippen LogP contribution < -0.4 is 5.32 Å². The molecule has 1 saturated heterocycles. The normalized spacial score (nSPS) is 16.3. The largest absolute Gasteiger partial charge is 0.345 e. The Balaban J connectivity index is 1.57. The number of rotatable bonds is 7. The summed E-state index contributed by atoms with van der Waals surface area (Å²) in [5.74, 6) is 0.114. The molecule has 0 radical (unpaired) electrons. The quantitative estimate of drug-likeness (QED) is 0.840. The van der Waals surface area contributed by atoms with Crippen LogP contribution in [0, 0.1) is 0 Å². The van der Waals surface area contributed by atoms with Gasteiger partial charge in [0, 0.05) is 18.8 Å². The van der Waals surface area contributed by atoms with Crippen molar-refractivity contribution in [1.82, 2.24) is 15.2 Å². The summed E-state index contributed by atoms with van der Waals surface area (Å²) in [6.07, 6.45) is 8.98. The van der Waals surface area contributed by atoms with Gasteiger partial charge < -0.3 is 10.2 Å². The van der Waals surface area contributed by atoms with Gasteiger partial charge in [0.05, 0.1) is 6.04 Å². The second-order valence-corrected chi connectivity index (χ2v) is 6.70. The molecule has 1 aliphatic heterocycles. The van der Waals surface area contributed by atoms with Crippen molar-refractivity contribution < 1.29 is 4.79 Å². The first-order valence-electron chi connectivity index (χ1n) is 9.29. The summed E-state index contributed by atoms with van der Waals surface area (Å²) in [6, 6.07) is 13.9. The molecule has 1 amide bonds. The molecule has 0 bridgehead atoms. The van der Waals surface area contributed by atoms with Crippen LogP contribution in [-0.2, 0) is 4.79 Å². The Kier molecular flexibility index (Phi) is 6.57. The first kappa shape index (κ1) is 17.6. The Morgan fingerprint density at radius 2 is 1.68 bits per heavy atom. The zero-order valence-electron chi connectivity index (χ0n) is 14.7. The molecule has 0 saturated carbocycles. The molecule has 132 valence electrons. The molecule has 1 aliphatic rings. The van der Waals surface area contributed by atoms with Gasteiger partial charge in [-0.2, -0.15) is 0 Å². The van der Waals surface area contributed by atoms with Crippen molar-refractivity contribution in [2.45, 2.75) is 38.1 Å². The van der Waals surface area contributed by atoms with Crippen LogP contribution in [0.15, 0.2) is 54.9 Å². The van der Waals surface area contributed by atoms with E-state index in [9.17, 15) is 4.79 Å². The first-order chi connectivity index (χ1) is 12.3. The van der Waals surface area contributed by atoms with E-state index in [1.54, 1.807) is 12.4 Å². The van der Waals surface area contributed by atoms with E-state index >= 15 is 0 Å². The number of carbonyl (C=O) groups is 1. The average molecular weight is 337 g/mol. The average Bonchev–Trinajstić information content (AvgIpc) is 2.68. The van der Waals surface area contributed by atoms with Crippen LogP contribution in [0.5, 0.6) is 0 Å². The van der Waals surface area contributed by atoms with Crippen LogP contribution in [0.1, 0.15) is 49.3 Å². The minimum Gasteiger partial charge on any atom is -0.345 e. The van der Waals surface area contributed by atoms with E-state index in [-0.39, 0.29) is 11.9 Å². The smallest absolute Gasteiger partial charge is 0.220 e. The molecular formula is C21H27N3O. The van der Waals surface area contributed by atoms with Gasteiger partial charge in [0.15, 0.2) is 0 Å². The number of benzene rings is 1. The van der Waals surface area contributed by atoms with Gasteiger partial charge in [-0.25, -0.2) is 0 Å². The molecule has 1 N–H and O–H groups in total. The highest BCUT2D eigenvalue weighted by Gasteiger charge is 2.17. The monoisotopic (exact) mass is 337 g/mol. The van der Waals surface area contributed by atoms with Gasteiger partial charge in [0.2, 0.25) is 5.91 Å². The van der Waals surface area contributed by atoms with Gasteiger partial charge in [-0.1, -0.05) is 36.8 Å². The number of likely N-dealkylation sites (tertiary alicyclic amines) is 1. The summed E-state index contributed by atoms with van der Waals surface area (Å²) in [4.78, 5) is 19.1. The van der Waals surface area contributed by atoms with E-state index in [0.717, 1.165) is 24.1 Å². The Bertz CT molecular complexity index is 599. The number of pyridine rings is 1. The van der Waals surface area contributed by atoms with Crippen LogP contribution in [0.2, 0.25) is 0 Å². The summed E-state index contributed by atoms with van der Waals surface area (Å²) in [5, 5.41) is 3.20. The third kappa shape index (κ3) is 5.40. The Labute approximate surface area is 150 Å². The van der Waals surface area contributed by atoms with Gasteiger partial charge in [0.1, 0.15) is 0 Å². The number of amides is 1. The number of nitrogens with one attached hydrogen (secondary N) is 1.